The van der Waals surface area contributed by atoms with Gasteiger partial charge in [-0.15, -0.1) is 0 Å². The molecular weight excluding hydrogens is 226 g/mol. The average molecular weight is 238 g/mol. The number of ether oxygens (including phenoxy) is 1. The summed E-state index contributed by atoms with van der Waals surface area (Å²) in [5.41, 5.74) is 2.10. The molecule has 1 aromatic rings. The summed E-state index contributed by atoms with van der Waals surface area (Å²) in [5.74, 6) is -0.302. The molecule has 1 heterocycles. The Labute approximate surface area is 99.1 Å². The van der Waals surface area contributed by atoms with Gasteiger partial charge in [0.15, 0.2) is 0 Å². The zero-order valence-electron chi connectivity index (χ0n) is 8.94. The van der Waals surface area contributed by atoms with Crippen molar-refractivity contribution in [2.45, 2.75) is 12.8 Å². The smallest absolute Gasteiger partial charge is 0.312 e. The van der Waals surface area contributed by atoms with Gasteiger partial charge in [-0.05, 0) is 30.0 Å². The third-order valence-electron chi connectivity index (χ3n) is 2.71. The van der Waals surface area contributed by atoms with Crippen LogP contribution in [0.1, 0.15) is 18.4 Å². The molecule has 1 unspecified atom stereocenters. The molecule has 1 aliphatic rings. The van der Waals surface area contributed by atoms with E-state index in [2.05, 4.69) is 4.98 Å². The number of aromatic nitrogens is 1. The fraction of sp³-hybridized carbons (Fsp3) is 0.333. The maximum absolute atomic E-state index is 11.3. The van der Waals surface area contributed by atoms with Crippen LogP contribution in [-0.2, 0) is 9.53 Å². The number of hydrogen-bond donors (Lipinski definition) is 0. The topological polar surface area (TPSA) is 39.2 Å². The normalized spacial score (nSPS) is 19.4. The lowest BCUT2D eigenvalue weighted by Crippen LogP contribution is -2.10. The molecule has 4 heteroatoms. The largest absolute Gasteiger partial charge is 0.469 e. The highest BCUT2D eigenvalue weighted by atomic mass is 35.5. The van der Waals surface area contributed by atoms with Gasteiger partial charge >= 0.3 is 5.97 Å². The Morgan fingerprint density at radius 2 is 2.38 bits per heavy atom. The molecule has 84 valence electrons. The summed E-state index contributed by atoms with van der Waals surface area (Å²) in [6.45, 7) is 0. The second-order valence-electron chi connectivity index (χ2n) is 3.75. The number of nitrogens with zero attached hydrogens (tertiary/aromatic N) is 1. The van der Waals surface area contributed by atoms with Gasteiger partial charge in [-0.1, -0.05) is 17.7 Å². The van der Waals surface area contributed by atoms with Gasteiger partial charge in [-0.25, -0.2) is 0 Å². The van der Waals surface area contributed by atoms with Crippen molar-refractivity contribution in [2.75, 3.05) is 7.11 Å². The second kappa shape index (κ2) is 4.66. The van der Waals surface area contributed by atoms with Crippen LogP contribution in [0.5, 0.6) is 0 Å². The van der Waals surface area contributed by atoms with Crippen molar-refractivity contribution in [1.82, 2.24) is 4.98 Å². The summed E-state index contributed by atoms with van der Waals surface area (Å²) < 4.78 is 4.72. The number of esters is 1. The van der Waals surface area contributed by atoms with Gasteiger partial charge in [0.25, 0.3) is 0 Å². The van der Waals surface area contributed by atoms with Crippen LogP contribution in [0.3, 0.4) is 0 Å². The fourth-order valence-electron chi connectivity index (χ4n) is 1.89. The molecule has 0 aliphatic heterocycles. The van der Waals surface area contributed by atoms with Crippen LogP contribution in [0.25, 0.3) is 5.57 Å². The summed E-state index contributed by atoms with van der Waals surface area (Å²) in [7, 11) is 1.41. The number of rotatable bonds is 2. The molecule has 0 aromatic carbocycles. The number of hydrogen-bond acceptors (Lipinski definition) is 3. The molecule has 0 bridgehead atoms. The van der Waals surface area contributed by atoms with E-state index in [0.717, 1.165) is 24.0 Å². The first-order chi connectivity index (χ1) is 7.70. The predicted octanol–water partition coefficient (Wildman–Crippen LogP) is 2.70. The third-order valence-corrected chi connectivity index (χ3v) is 2.91. The Balaban J connectivity index is 2.21. The molecule has 0 radical (unpaired) electrons. The summed E-state index contributed by atoms with van der Waals surface area (Å²) >= 11 is 5.87. The van der Waals surface area contributed by atoms with Crippen LogP contribution >= 0.6 is 11.6 Å². The maximum atomic E-state index is 11.3. The van der Waals surface area contributed by atoms with Crippen molar-refractivity contribution in [1.29, 1.82) is 0 Å². The van der Waals surface area contributed by atoms with Crippen molar-refractivity contribution in [3.63, 3.8) is 0 Å². The van der Waals surface area contributed by atoms with E-state index in [-0.39, 0.29) is 11.9 Å². The fourth-order valence-corrected chi connectivity index (χ4v) is 2.06. The minimum absolute atomic E-state index is 0.126. The third kappa shape index (κ3) is 2.25. The first-order valence-corrected chi connectivity index (χ1v) is 5.48. The molecule has 0 saturated carbocycles. The van der Waals surface area contributed by atoms with Gasteiger partial charge in [-0.2, -0.15) is 0 Å². The zero-order chi connectivity index (χ0) is 11.5. The number of carbonyl (C=O) groups excluding carboxylic acids is 1. The summed E-state index contributed by atoms with van der Waals surface area (Å²) in [4.78, 5) is 15.4. The van der Waals surface area contributed by atoms with Crippen molar-refractivity contribution in [2.24, 2.45) is 5.92 Å². The minimum atomic E-state index is -0.176. The van der Waals surface area contributed by atoms with E-state index in [4.69, 9.17) is 16.3 Å². The van der Waals surface area contributed by atoms with E-state index < -0.39 is 0 Å². The Kier molecular flexibility index (Phi) is 3.25. The molecule has 0 amide bonds. The molecule has 16 heavy (non-hydrogen) atoms. The van der Waals surface area contributed by atoms with Crippen LogP contribution in [0.15, 0.2) is 24.5 Å². The highest BCUT2D eigenvalue weighted by Crippen LogP contribution is 2.32. The van der Waals surface area contributed by atoms with E-state index in [1.54, 1.807) is 12.4 Å². The van der Waals surface area contributed by atoms with Crippen molar-refractivity contribution < 1.29 is 9.53 Å². The van der Waals surface area contributed by atoms with Gasteiger partial charge in [-0.3, -0.25) is 9.78 Å². The van der Waals surface area contributed by atoms with Crippen molar-refractivity contribution in [3.8, 4) is 0 Å². The van der Waals surface area contributed by atoms with Gasteiger partial charge in [0, 0.05) is 12.4 Å². The van der Waals surface area contributed by atoms with E-state index >= 15 is 0 Å². The number of pyridine rings is 1. The van der Waals surface area contributed by atoms with Crippen LogP contribution in [0, 0.1) is 5.92 Å². The quantitative estimate of drug-likeness (QED) is 0.743. The number of halogens is 1. The molecular formula is C12H12ClNO2. The molecule has 1 aliphatic carbocycles. The van der Waals surface area contributed by atoms with Gasteiger partial charge in [0.1, 0.15) is 0 Å². The summed E-state index contributed by atoms with van der Waals surface area (Å²) in [6.07, 6.45) is 6.96. The molecule has 0 fully saturated rings. The standard InChI is InChI=1S/C12H12ClNO2/c1-16-12(15)9-3-2-8(4-9)10-5-11(13)7-14-6-10/h4-7,9H,2-3H2,1H3. The number of methoxy groups -OCH3 is 1. The molecule has 0 saturated heterocycles. The van der Waals surface area contributed by atoms with E-state index in [9.17, 15) is 4.79 Å². The second-order valence-corrected chi connectivity index (χ2v) is 4.19. The molecule has 1 atom stereocenters. The predicted molar refractivity (Wildman–Crippen MR) is 62.0 cm³/mol. The van der Waals surface area contributed by atoms with E-state index in [0.29, 0.717) is 5.02 Å². The minimum Gasteiger partial charge on any atom is -0.469 e. The SMILES string of the molecule is COC(=O)C1C=C(c2cncc(Cl)c2)CC1. The number of carbonyl (C=O) groups is 1. The Hall–Kier alpha value is -1.35. The Bertz CT molecular complexity index is 442. The molecule has 0 N–H and O–H groups in total. The van der Waals surface area contributed by atoms with Gasteiger partial charge in [0.05, 0.1) is 18.1 Å². The van der Waals surface area contributed by atoms with E-state index in [1.807, 2.05) is 12.1 Å². The molecule has 3 nitrogen and oxygen atoms in total. The van der Waals surface area contributed by atoms with Crippen LogP contribution in [0.4, 0.5) is 0 Å². The van der Waals surface area contributed by atoms with Crippen LogP contribution < -0.4 is 0 Å². The number of allylic oxidation sites excluding steroid dienone is 1. The maximum Gasteiger partial charge on any atom is 0.312 e. The Morgan fingerprint density at radius 1 is 1.56 bits per heavy atom. The monoisotopic (exact) mass is 237 g/mol. The lowest BCUT2D eigenvalue weighted by molar-refractivity contribution is -0.143. The molecule has 0 spiro atoms. The highest BCUT2D eigenvalue weighted by molar-refractivity contribution is 6.30. The van der Waals surface area contributed by atoms with Gasteiger partial charge < -0.3 is 4.74 Å². The van der Waals surface area contributed by atoms with E-state index in [1.165, 1.54) is 7.11 Å². The molecule has 1 aromatic heterocycles. The summed E-state index contributed by atoms with van der Waals surface area (Å²) in [6, 6.07) is 1.86. The Morgan fingerprint density at radius 3 is 3.06 bits per heavy atom. The van der Waals surface area contributed by atoms with Crippen molar-refractivity contribution >= 4 is 23.1 Å². The average Bonchev–Trinajstić information content (AvgIpc) is 2.77. The van der Waals surface area contributed by atoms with Crippen LogP contribution in [0.2, 0.25) is 5.02 Å². The lowest BCUT2D eigenvalue weighted by atomic mass is 10.1. The van der Waals surface area contributed by atoms with Crippen LogP contribution in [-0.4, -0.2) is 18.1 Å². The first kappa shape index (κ1) is 11.1. The molecule has 2 rings (SSSR count). The highest BCUT2D eigenvalue weighted by Gasteiger charge is 2.23. The summed E-state index contributed by atoms with van der Waals surface area (Å²) in [5, 5.41) is 0.611. The van der Waals surface area contributed by atoms with Gasteiger partial charge in [0.2, 0.25) is 0 Å². The lowest BCUT2D eigenvalue weighted by Gasteiger charge is -2.02. The zero-order valence-corrected chi connectivity index (χ0v) is 9.70. The first-order valence-electron chi connectivity index (χ1n) is 5.10. The van der Waals surface area contributed by atoms with Crippen molar-refractivity contribution in [3.05, 3.63) is 35.1 Å².